The zero-order chi connectivity index (χ0) is 20.6. The largest absolute Gasteiger partial charge is 0.449 e. The van der Waals surface area contributed by atoms with E-state index in [1.54, 1.807) is 48.5 Å². The molecule has 0 atom stereocenters. The van der Waals surface area contributed by atoms with Gasteiger partial charge in [-0.3, -0.25) is 14.5 Å². The van der Waals surface area contributed by atoms with E-state index in [0.717, 1.165) is 0 Å². The van der Waals surface area contributed by atoms with Crippen LogP contribution in [0.4, 0.5) is 13.2 Å². The van der Waals surface area contributed by atoms with E-state index < -0.39 is 12.0 Å². The Morgan fingerprint density at radius 2 is 1.45 bits per heavy atom. The zero-order valence-electron chi connectivity index (χ0n) is 15.1. The number of rotatable bonds is 6. The van der Waals surface area contributed by atoms with Gasteiger partial charge < -0.3 is 4.57 Å². The number of hydrogen-bond donors (Lipinski definition) is 0. The van der Waals surface area contributed by atoms with E-state index in [0.29, 0.717) is 33.7 Å². The number of alkyl halides is 3. The van der Waals surface area contributed by atoms with Gasteiger partial charge in [-0.25, -0.2) is 4.98 Å². The summed E-state index contributed by atoms with van der Waals surface area (Å²) >= 11 is 1.39. The van der Waals surface area contributed by atoms with Gasteiger partial charge in [0, 0.05) is 24.6 Å². The van der Waals surface area contributed by atoms with E-state index in [1.165, 1.54) is 21.2 Å². The van der Waals surface area contributed by atoms with Crippen LogP contribution in [-0.2, 0) is 12.7 Å². The van der Waals surface area contributed by atoms with E-state index in [4.69, 9.17) is 0 Å². The smallest absolute Gasteiger partial charge is 0.320 e. The molecule has 0 fully saturated rings. The number of halogens is 3. The highest BCUT2D eigenvalue weighted by Crippen LogP contribution is 2.31. The Hall–Kier alpha value is -2.81. The van der Waals surface area contributed by atoms with Crippen LogP contribution in [0.2, 0.25) is 0 Å². The highest BCUT2D eigenvalue weighted by atomic mass is 32.2. The standard InChI is InChI=1S/C20H16F3N3O2S/c21-20(22,23)19-24-15-7-3-4-8-16(15)25(19)9-11-29-12-10-26-17(27)13-5-1-2-6-14(13)18(26)28/h1-8H,9-12H2. The topological polar surface area (TPSA) is 55.2 Å². The lowest BCUT2D eigenvalue weighted by Crippen LogP contribution is -2.32. The average Bonchev–Trinajstić information content (AvgIpc) is 3.19. The van der Waals surface area contributed by atoms with Gasteiger partial charge >= 0.3 is 6.18 Å². The molecule has 1 aliphatic rings. The third kappa shape index (κ3) is 3.62. The summed E-state index contributed by atoms with van der Waals surface area (Å²) in [7, 11) is 0. The molecule has 0 aliphatic carbocycles. The first-order valence-electron chi connectivity index (χ1n) is 8.93. The minimum atomic E-state index is -4.54. The number of imidazole rings is 1. The van der Waals surface area contributed by atoms with Crippen LogP contribution >= 0.6 is 11.8 Å². The molecule has 1 aromatic heterocycles. The number of carbonyl (C=O) groups excluding carboxylic acids is 2. The van der Waals surface area contributed by atoms with Crippen molar-refractivity contribution in [3.63, 3.8) is 0 Å². The molecule has 3 aromatic rings. The fourth-order valence-electron chi connectivity index (χ4n) is 3.37. The lowest BCUT2D eigenvalue weighted by molar-refractivity contribution is -0.146. The lowest BCUT2D eigenvalue weighted by Gasteiger charge is -2.14. The summed E-state index contributed by atoms with van der Waals surface area (Å²) in [6.07, 6.45) is -4.54. The van der Waals surface area contributed by atoms with Crippen LogP contribution in [-0.4, -0.2) is 44.3 Å². The molecule has 0 radical (unpaired) electrons. The number of aromatic nitrogens is 2. The monoisotopic (exact) mass is 419 g/mol. The SMILES string of the molecule is O=C1c2ccccc2C(=O)N1CCSCCn1c(C(F)(F)F)nc2ccccc21. The molecule has 9 heteroatoms. The van der Waals surface area contributed by atoms with Gasteiger partial charge in [0.15, 0.2) is 0 Å². The number of aryl methyl sites for hydroxylation is 1. The number of nitrogens with zero attached hydrogens (tertiary/aromatic N) is 3. The number of fused-ring (bicyclic) bond motifs is 2. The summed E-state index contributed by atoms with van der Waals surface area (Å²) in [5.74, 6) is -0.733. The Balaban J connectivity index is 1.38. The predicted octanol–water partition coefficient (Wildman–Crippen LogP) is 4.08. The molecule has 29 heavy (non-hydrogen) atoms. The second-order valence-electron chi connectivity index (χ2n) is 6.49. The van der Waals surface area contributed by atoms with E-state index in [9.17, 15) is 22.8 Å². The molecule has 0 saturated carbocycles. The molecule has 4 rings (SSSR count). The molecular formula is C20H16F3N3O2S. The van der Waals surface area contributed by atoms with Crippen LogP contribution in [0.15, 0.2) is 48.5 Å². The van der Waals surface area contributed by atoms with Crippen molar-refractivity contribution < 1.29 is 22.8 Å². The molecule has 0 unspecified atom stereocenters. The van der Waals surface area contributed by atoms with Gasteiger partial charge in [0.1, 0.15) is 0 Å². The molecule has 5 nitrogen and oxygen atoms in total. The molecule has 150 valence electrons. The maximum absolute atomic E-state index is 13.3. The maximum atomic E-state index is 13.3. The van der Waals surface area contributed by atoms with Crippen molar-refractivity contribution in [1.82, 2.24) is 14.5 Å². The fraction of sp³-hybridized carbons (Fsp3) is 0.250. The Morgan fingerprint density at radius 3 is 2.10 bits per heavy atom. The van der Waals surface area contributed by atoms with Crippen LogP contribution in [0.1, 0.15) is 26.5 Å². The number of benzene rings is 2. The van der Waals surface area contributed by atoms with Gasteiger partial charge in [0.25, 0.3) is 11.8 Å². The average molecular weight is 419 g/mol. The Bertz CT molecular complexity index is 1060. The predicted molar refractivity (Wildman–Crippen MR) is 104 cm³/mol. The van der Waals surface area contributed by atoms with E-state index in [2.05, 4.69) is 4.98 Å². The summed E-state index contributed by atoms with van der Waals surface area (Å²) in [6.45, 7) is 0.343. The van der Waals surface area contributed by atoms with Gasteiger partial charge in [0.05, 0.1) is 22.2 Å². The quantitative estimate of drug-likeness (QED) is 0.446. The Labute approximate surface area is 168 Å². The second kappa shape index (κ2) is 7.55. The van der Waals surface area contributed by atoms with Crippen molar-refractivity contribution in [3.8, 4) is 0 Å². The summed E-state index contributed by atoms with van der Waals surface area (Å²) in [5, 5.41) is 0. The van der Waals surface area contributed by atoms with Gasteiger partial charge in [-0.15, -0.1) is 0 Å². The number of imide groups is 1. The lowest BCUT2D eigenvalue weighted by atomic mass is 10.1. The Kier molecular flexibility index (Phi) is 5.08. The first-order chi connectivity index (χ1) is 13.9. The van der Waals surface area contributed by atoms with Crippen LogP contribution in [0, 0.1) is 0 Å². The summed E-state index contributed by atoms with van der Waals surface area (Å²) < 4.78 is 41.1. The highest BCUT2D eigenvalue weighted by Gasteiger charge is 2.37. The normalized spacial score (nSPS) is 14.1. The van der Waals surface area contributed by atoms with E-state index in [1.807, 2.05) is 0 Å². The molecule has 0 bridgehead atoms. The van der Waals surface area contributed by atoms with Crippen molar-refractivity contribution >= 4 is 34.6 Å². The summed E-state index contributed by atoms with van der Waals surface area (Å²) in [4.78, 5) is 29.5. The molecule has 0 spiro atoms. The molecule has 2 aromatic carbocycles. The van der Waals surface area contributed by atoms with E-state index >= 15 is 0 Å². The molecule has 1 aliphatic heterocycles. The van der Waals surface area contributed by atoms with Gasteiger partial charge in [-0.2, -0.15) is 24.9 Å². The van der Waals surface area contributed by atoms with Crippen molar-refractivity contribution in [2.24, 2.45) is 0 Å². The molecule has 0 saturated heterocycles. The number of thioether (sulfide) groups is 1. The molecule has 2 amide bonds. The number of hydrogen-bond acceptors (Lipinski definition) is 4. The minimum absolute atomic E-state index is 0.127. The minimum Gasteiger partial charge on any atom is -0.320 e. The van der Waals surface area contributed by atoms with Crippen LogP contribution < -0.4 is 0 Å². The summed E-state index contributed by atoms with van der Waals surface area (Å²) in [6, 6.07) is 13.1. The van der Waals surface area contributed by atoms with Gasteiger partial charge in [-0.1, -0.05) is 24.3 Å². The zero-order valence-corrected chi connectivity index (χ0v) is 16.0. The van der Waals surface area contributed by atoms with Crippen LogP contribution in [0.3, 0.4) is 0 Å². The van der Waals surface area contributed by atoms with Crippen LogP contribution in [0.25, 0.3) is 11.0 Å². The highest BCUT2D eigenvalue weighted by molar-refractivity contribution is 7.99. The third-order valence-corrected chi connectivity index (χ3v) is 5.65. The molecule has 2 heterocycles. The van der Waals surface area contributed by atoms with Crippen molar-refractivity contribution in [2.75, 3.05) is 18.1 Å². The van der Waals surface area contributed by atoms with Crippen molar-refractivity contribution in [1.29, 1.82) is 0 Å². The van der Waals surface area contributed by atoms with Gasteiger partial charge in [-0.05, 0) is 24.3 Å². The number of carbonyl (C=O) groups is 2. The van der Waals surface area contributed by atoms with Gasteiger partial charge in [0.2, 0.25) is 5.82 Å². The van der Waals surface area contributed by atoms with Crippen LogP contribution in [0.5, 0.6) is 0 Å². The molecular weight excluding hydrogens is 403 g/mol. The van der Waals surface area contributed by atoms with Crippen molar-refractivity contribution in [3.05, 3.63) is 65.5 Å². The Morgan fingerprint density at radius 1 is 0.862 bits per heavy atom. The first kappa shape index (κ1) is 19.5. The second-order valence-corrected chi connectivity index (χ2v) is 7.72. The maximum Gasteiger partial charge on any atom is 0.449 e. The number of amides is 2. The first-order valence-corrected chi connectivity index (χ1v) is 10.1. The number of para-hydroxylation sites is 2. The summed E-state index contributed by atoms with van der Waals surface area (Å²) in [5.41, 5.74) is 1.51. The fourth-order valence-corrected chi connectivity index (χ4v) is 4.20. The third-order valence-electron chi connectivity index (χ3n) is 4.70. The van der Waals surface area contributed by atoms with Crippen molar-refractivity contribution in [2.45, 2.75) is 12.7 Å². The molecule has 0 N–H and O–H groups in total. The van der Waals surface area contributed by atoms with E-state index in [-0.39, 0.29) is 24.9 Å².